The van der Waals surface area contributed by atoms with Crippen molar-refractivity contribution in [3.8, 4) is 6.07 Å². The summed E-state index contributed by atoms with van der Waals surface area (Å²) in [6.45, 7) is 0. The quantitative estimate of drug-likeness (QED) is 0.720. The zero-order chi connectivity index (χ0) is 11.1. The number of methoxy groups -OCH3 is 1. The van der Waals surface area contributed by atoms with Crippen LogP contribution in [0.4, 0.5) is 0 Å². The van der Waals surface area contributed by atoms with Crippen LogP contribution in [0.1, 0.15) is 11.1 Å². The SMILES string of the molecule is COC(=O)CSCc1cnccc1C#N. The van der Waals surface area contributed by atoms with Gasteiger partial charge in [0.05, 0.1) is 24.5 Å². The van der Waals surface area contributed by atoms with Crippen molar-refractivity contribution in [2.75, 3.05) is 12.9 Å². The summed E-state index contributed by atoms with van der Waals surface area (Å²) in [5.74, 6) is 0.615. The van der Waals surface area contributed by atoms with E-state index in [1.807, 2.05) is 0 Å². The Morgan fingerprint density at radius 1 is 1.73 bits per heavy atom. The molecule has 1 aromatic rings. The topological polar surface area (TPSA) is 63.0 Å². The van der Waals surface area contributed by atoms with Crippen LogP contribution in [0.5, 0.6) is 0 Å². The fourth-order valence-corrected chi connectivity index (χ4v) is 1.79. The first kappa shape index (κ1) is 11.5. The number of esters is 1. The van der Waals surface area contributed by atoms with Crippen LogP contribution >= 0.6 is 11.8 Å². The molecule has 0 unspecified atom stereocenters. The monoisotopic (exact) mass is 222 g/mol. The fraction of sp³-hybridized carbons (Fsp3) is 0.300. The van der Waals surface area contributed by atoms with E-state index in [0.717, 1.165) is 5.56 Å². The molecule has 4 nitrogen and oxygen atoms in total. The van der Waals surface area contributed by atoms with Crippen molar-refractivity contribution in [2.45, 2.75) is 5.75 Å². The Kier molecular flexibility index (Phi) is 4.64. The molecule has 0 aliphatic carbocycles. The Balaban J connectivity index is 2.51. The van der Waals surface area contributed by atoms with E-state index < -0.39 is 0 Å². The lowest BCUT2D eigenvalue weighted by Gasteiger charge is -2.02. The maximum absolute atomic E-state index is 10.8. The number of hydrogen-bond acceptors (Lipinski definition) is 5. The number of nitriles is 1. The van der Waals surface area contributed by atoms with Gasteiger partial charge in [0.1, 0.15) is 0 Å². The van der Waals surface area contributed by atoms with Crippen LogP contribution in [-0.4, -0.2) is 23.8 Å². The van der Waals surface area contributed by atoms with Gasteiger partial charge in [0.15, 0.2) is 0 Å². The zero-order valence-corrected chi connectivity index (χ0v) is 9.08. The van der Waals surface area contributed by atoms with Crippen molar-refractivity contribution in [1.82, 2.24) is 4.98 Å². The van der Waals surface area contributed by atoms with Gasteiger partial charge in [-0.1, -0.05) is 0 Å². The van der Waals surface area contributed by atoms with E-state index in [0.29, 0.717) is 11.3 Å². The lowest BCUT2D eigenvalue weighted by molar-refractivity contribution is -0.137. The van der Waals surface area contributed by atoms with E-state index in [-0.39, 0.29) is 11.7 Å². The molecule has 0 amide bonds. The summed E-state index contributed by atoms with van der Waals surface area (Å²) in [6.07, 6.45) is 3.22. The van der Waals surface area contributed by atoms with Crippen LogP contribution in [0.2, 0.25) is 0 Å². The van der Waals surface area contributed by atoms with Gasteiger partial charge in [0.2, 0.25) is 0 Å². The van der Waals surface area contributed by atoms with Gasteiger partial charge in [-0.3, -0.25) is 9.78 Å². The Labute approximate surface area is 92.3 Å². The molecule has 0 aliphatic rings. The third-order valence-electron chi connectivity index (χ3n) is 1.73. The molecule has 1 aromatic heterocycles. The standard InChI is InChI=1S/C10H10N2O2S/c1-14-10(13)7-15-6-9-5-12-3-2-8(9)4-11/h2-3,5H,6-7H2,1H3. The molecule has 0 aromatic carbocycles. The summed E-state index contributed by atoms with van der Waals surface area (Å²) >= 11 is 1.40. The van der Waals surface area contributed by atoms with Gasteiger partial charge < -0.3 is 4.74 Å². The van der Waals surface area contributed by atoms with Crippen LogP contribution in [0.25, 0.3) is 0 Å². The molecule has 0 spiro atoms. The molecule has 0 bridgehead atoms. The molecule has 0 aliphatic heterocycles. The third kappa shape index (κ3) is 3.60. The van der Waals surface area contributed by atoms with Gasteiger partial charge in [-0.2, -0.15) is 5.26 Å². The number of aromatic nitrogens is 1. The summed E-state index contributed by atoms with van der Waals surface area (Å²) in [6, 6.07) is 3.74. The molecule has 1 heterocycles. The first-order chi connectivity index (χ1) is 7.27. The zero-order valence-electron chi connectivity index (χ0n) is 8.27. The number of thioether (sulfide) groups is 1. The minimum Gasteiger partial charge on any atom is -0.468 e. The first-order valence-corrected chi connectivity index (χ1v) is 5.41. The number of carbonyl (C=O) groups is 1. The molecule has 0 radical (unpaired) electrons. The van der Waals surface area contributed by atoms with Gasteiger partial charge in [-0.15, -0.1) is 11.8 Å². The summed E-state index contributed by atoms with van der Waals surface area (Å²) in [7, 11) is 1.35. The minimum absolute atomic E-state index is 0.262. The second-order valence-electron chi connectivity index (χ2n) is 2.71. The first-order valence-electron chi connectivity index (χ1n) is 4.25. The van der Waals surface area contributed by atoms with Gasteiger partial charge in [-0.05, 0) is 11.6 Å². The van der Waals surface area contributed by atoms with Crippen molar-refractivity contribution < 1.29 is 9.53 Å². The number of ether oxygens (including phenoxy) is 1. The molecule has 15 heavy (non-hydrogen) atoms. The molecule has 5 heteroatoms. The molecule has 0 N–H and O–H groups in total. The highest BCUT2D eigenvalue weighted by molar-refractivity contribution is 7.99. The summed E-state index contributed by atoms with van der Waals surface area (Å²) < 4.78 is 4.50. The smallest absolute Gasteiger partial charge is 0.315 e. The molecule has 0 saturated heterocycles. The van der Waals surface area contributed by atoms with E-state index in [9.17, 15) is 4.79 Å². The molecule has 0 fully saturated rings. The van der Waals surface area contributed by atoms with Gasteiger partial charge in [0.25, 0.3) is 0 Å². The highest BCUT2D eigenvalue weighted by Crippen LogP contribution is 2.14. The highest BCUT2D eigenvalue weighted by Gasteiger charge is 2.04. The predicted molar refractivity (Wildman–Crippen MR) is 57.1 cm³/mol. The lowest BCUT2D eigenvalue weighted by atomic mass is 10.2. The molecule has 78 valence electrons. The van der Waals surface area contributed by atoms with Crippen molar-refractivity contribution >= 4 is 17.7 Å². The van der Waals surface area contributed by atoms with Gasteiger partial charge in [-0.25, -0.2) is 0 Å². The van der Waals surface area contributed by atoms with Crippen LogP contribution in [-0.2, 0) is 15.3 Å². The number of pyridine rings is 1. The predicted octanol–water partition coefficient (Wildman–Crippen LogP) is 1.36. The minimum atomic E-state index is -0.262. The lowest BCUT2D eigenvalue weighted by Crippen LogP contribution is -2.03. The summed E-state index contributed by atoms with van der Waals surface area (Å²) in [5, 5.41) is 8.79. The van der Waals surface area contributed by atoms with Crippen molar-refractivity contribution in [3.63, 3.8) is 0 Å². The molecular weight excluding hydrogens is 212 g/mol. The molecule has 0 atom stereocenters. The normalized spacial score (nSPS) is 9.33. The Morgan fingerprint density at radius 3 is 3.20 bits per heavy atom. The van der Waals surface area contributed by atoms with E-state index in [4.69, 9.17) is 5.26 Å². The number of carbonyl (C=O) groups excluding carboxylic acids is 1. The van der Waals surface area contributed by atoms with Crippen LogP contribution < -0.4 is 0 Å². The van der Waals surface area contributed by atoms with Crippen LogP contribution in [0.3, 0.4) is 0 Å². The van der Waals surface area contributed by atoms with Crippen LogP contribution in [0, 0.1) is 11.3 Å². The second kappa shape index (κ2) is 6.04. The van der Waals surface area contributed by atoms with Crippen molar-refractivity contribution in [1.29, 1.82) is 5.26 Å². The fourth-order valence-electron chi connectivity index (χ4n) is 0.954. The molecular formula is C10H10N2O2S. The van der Waals surface area contributed by atoms with Crippen molar-refractivity contribution in [3.05, 3.63) is 29.6 Å². The number of rotatable bonds is 4. The van der Waals surface area contributed by atoms with Crippen molar-refractivity contribution in [2.24, 2.45) is 0 Å². The van der Waals surface area contributed by atoms with E-state index >= 15 is 0 Å². The van der Waals surface area contributed by atoms with Gasteiger partial charge in [0, 0.05) is 18.1 Å². The number of nitrogens with zero attached hydrogens (tertiary/aromatic N) is 2. The maximum Gasteiger partial charge on any atom is 0.315 e. The summed E-state index contributed by atoms with van der Waals surface area (Å²) in [4.78, 5) is 14.8. The highest BCUT2D eigenvalue weighted by atomic mass is 32.2. The number of hydrogen-bond donors (Lipinski definition) is 0. The largest absolute Gasteiger partial charge is 0.468 e. The van der Waals surface area contributed by atoms with E-state index in [1.165, 1.54) is 18.9 Å². The van der Waals surface area contributed by atoms with E-state index in [1.54, 1.807) is 18.5 Å². The molecule has 0 saturated carbocycles. The average Bonchev–Trinajstić information content (AvgIpc) is 2.29. The Hall–Kier alpha value is -1.54. The Bertz CT molecular complexity index is 387. The maximum atomic E-state index is 10.8. The van der Waals surface area contributed by atoms with E-state index in [2.05, 4.69) is 15.8 Å². The summed E-state index contributed by atoms with van der Waals surface area (Å²) in [5.41, 5.74) is 1.44. The Morgan fingerprint density at radius 2 is 2.53 bits per heavy atom. The third-order valence-corrected chi connectivity index (χ3v) is 2.68. The van der Waals surface area contributed by atoms with Gasteiger partial charge >= 0.3 is 5.97 Å². The molecule has 1 rings (SSSR count). The average molecular weight is 222 g/mol. The van der Waals surface area contributed by atoms with Crippen LogP contribution in [0.15, 0.2) is 18.5 Å². The second-order valence-corrected chi connectivity index (χ2v) is 3.70.